The Morgan fingerprint density at radius 3 is 2.05 bits per heavy atom. The van der Waals surface area contributed by atoms with Crippen molar-refractivity contribution in [1.29, 1.82) is 0 Å². The molecule has 3 saturated heterocycles. The Balaban J connectivity index is 1.50. The van der Waals surface area contributed by atoms with Crippen LogP contribution in [0.5, 0.6) is 0 Å². The molecule has 3 fully saturated rings. The molecule has 2 aromatic carbocycles. The molecule has 0 radical (unpaired) electrons. The van der Waals surface area contributed by atoms with Crippen molar-refractivity contribution in [2.75, 3.05) is 19.7 Å². The third-order valence-electron chi connectivity index (χ3n) is 8.75. The molecule has 3 amide bonds. The van der Waals surface area contributed by atoms with Crippen LogP contribution in [-0.2, 0) is 27.5 Å². The molecule has 0 aromatic heterocycles. The molecule has 1 N–H and O–H groups in total. The highest BCUT2D eigenvalue weighted by molar-refractivity contribution is 8.02. The van der Waals surface area contributed by atoms with Crippen LogP contribution in [0.4, 0.5) is 0 Å². The molecule has 3 aliphatic heterocycles. The lowest BCUT2D eigenvalue weighted by Gasteiger charge is -2.39. The summed E-state index contributed by atoms with van der Waals surface area (Å²) in [5.74, 6) is -1.57. The Kier molecular flexibility index (Phi) is 8.71. The topological polar surface area (TPSA) is 81.2 Å². The lowest BCUT2D eigenvalue weighted by atomic mass is 9.70. The van der Waals surface area contributed by atoms with Gasteiger partial charge in [0.15, 0.2) is 0 Å². The molecule has 3 heterocycles. The Bertz CT molecular complexity index is 1290. The van der Waals surface area contributed by atoms with Gasteiger partial charge in [0.25, 0.3) is 0 Å². The van der Waals surface area contributed by atoms with Crippen molar-refractivity contribution < 1.29 is 19.5 Å². The summed E-state index contributed by atoms with van der Waals surface area (Å²) in [5.41, 5.74) is 2.00. The zero-order valence-corrected chi connectivity index (χ0v) is 24.4. The van der Waals surface area contributed by atoms with Crippen LogP contribution in [0, 0.1) is 11.8 Å². The molecule has 8 heteroatoms. The molecule has 6 atom stereocenters. The number of hydrogen-bond donors (Lipinski definition) is 1. The predicted octanol–water partition coefficient (Wildman–Crippen LogP) is 3.89. The molecule has 0 saturated carbocycles. The van der Waals surface area contributed by atoms with Crippen molar-refractivity contribution in [2.24, 2.45) is 11.8 Å². The standard InChI is InChI=1S/C33H39N3O4S/c1-4-18-34(20-24-12-8-6-9-13-24)30(38)27-26-16-17-33(41-26)28(27)31(39)36(23(3)22-37)29(33)32(40)35(19-5-2)21-25-14-10-7-11-15-25/h4-15,23,26-29,37H,1-2,16-22H2,3H3/t23-,26-,27+,28+,29?,33?/m1/s1. The minimum Gasteiger partial charge on any atom is -0.394 e. The fourth-order valence-electron chi connectivity index (χ4n) is 6.98. The highest BCUT2D eigenvalue weighted by Crippen LogP contribution is 2.67. The summed E-state index contributed by atoms with van der Waals surface area (Å²) in [5, 5.41) is 10.2. The van der Waals surface area contributed by atoms with Gasteiger partial charge in [-0.2, -0.15) is 0 Å². The summed E-state index contributed by atoms with van der Waals surface area (Å²) in [6.45, 7) is 10.8. The van der Waals surface area contributed by atoms with Crippen LogP contribution in [0.15, 0.2) is 86.0 Å². The molecule has 7 nitrogen and oxygen atoms in total. The molecule has 0 aliphatic carbocycles. The SMILES string of the molecule is C=CCN(Cc1ccccc1)C(=O)C1N([C@H](C)CO)C(=O)[C@@H]2[C@@H](C(=O)N(CC=C)Cc3ccccc3)[C@H]3CCC12S3. The first-order chi connectivity index (χ1) is 19.9. The van der Waals surface area contributed by atoms with E-state index in [1.165, 1.54) is 0 Å². The summed E-state index contributed by atoms with van der Waals surface area (Å²) in [6, 6.07) is 18.3. The Morgan fingerprint density at radius 2 is 1.54 bits per heavy atom. The molecule has 5 rings (SSSR count). The number of carbonyl (C=O) groups is 3. The van der Waals surface area contributed by atoms with Crippen molar-refractivity contribution in [3.63, 3.8) is 0 Å². The van der Waals surface area contributed by atoms with Gasteiger partial charge in [-0.15, -0.1) is 24.9 Å². The van der Waals surface area contributed by atoms with Crippen LogP contribution in [0.1, 0.15) is 30.9 Å². The third-order valence-corrected chi connectivity index (χ3v) is 10.7. The molecular formula is C33H39N3O4S. The van der Waals surface area contributed by atoms with Crippen LogP contribution in [0.2, 0.25) is 0 Å². The lowest BCUT2D eigenvalue weighted by molar-refractivity contribution is -0.147. The van der Waals surface area contributed by atoms with Gasteiger partial charge in [-0.05, 0) is 30.9 Å². The number of rotatable bonds is 12. The van der Waals surface area contributed by atoms with E-state index in [1.807, 2.05) is 60.7 Å². The van der Waals surface area contributed by atoms with Gasteiger partial charge in [-0.3, -0.25) is 14.4 Å². The fourth-order valence-corrected chi connectivity index (χ4v) is 9.17. The predicted molar refractivity (Wildman–Crippen MR) is 162 cm³/mol. The smallest absolute Gasteiger partial charge is 0.247 e. The first-order valence-corrected chi connectivity index (χ1v) is 15.2. The fraction of sp³-hybridized carbons (Fsp3) is 0.424. The van der Waals surface area contributed by atoms with E-state index in [-0.39, 0.29) is 29.6 Å². The van der Waals surface area contributed by atoms with Crippen molar-refractivity contribution in [2.45, 2.75) is 54.9 Å². The van der Waals surface area contributed by atoms with E-state index in [2.05, 4.69) is 13.2 Å². The maximum atomic E-state index is 14.5. The van der Waals surface area contributed by atoms with E-state index in [0.717, 1.165) is 17.5 Å². The van der Waals surface area contributed by atoms with E-state index in [4.69, 9.17) is 0 Å². The summed E-state index contributed by atoms with van der Waals surface area (Å²) in [4.78, 5) is 48.1. The third kappa shape index (κ3) is 5.24. The largest absolute Gasteiger partial charge is 0.394 e. The number of aliphatic hydroxyl groups excluding tert-OH is 1. The molecule has 216 valence electrons. The second-order valence-electron chi connectivity index (χ2n) is 11.3. The second-order valence-corrected chi connectivity index (χ2v) is 12.9. The number of benzene rings is 2. The van der Waals surface area contributed by atoms with Crippen LogP contribution in [0.25, 0.3) is 0 Å². The quantitative estimate of drug-likeness (QED) is 0.390. The van der Waals surface area contributed by atoms with Crippen molar-refractivity contribution in [3.8, 4) is 0 Å². The number of thioether (sulfide) groups is 1. The number of nitrogens with zero attached hydrogens (tertiary/aromatic N) is 3. The molecule has 2 bridgehead atoms. The Labute approximate surface area is 246 Å². The molecule has 1 spiro atoms. The highest BCUT2D eigenvalue weighted by Gasteiger charge is 2.74. The van der Waals surface area contributed by atoms with Gasteiger partial charge in [0, 0.05) is 31.4 Å². The van der Waals surface area contributed by atoms with Gasteiger partial charge < -0.3 is 19.8 Å². The molecule has 2 aromatic rings. The van der Waals surface area contributed by atoms with Crippen LogP contribution in [0.3, 0.4) is 0 Å². The van der Waals surface area contributed by atoms with Crippen LogP contribution < -0.4 is 0 Å². The summed E-state index contributed by atoms with van der Waals surface area (Å²) < 4.78 is -0.717. The van der Waals surface area contributed by atoms with Gasteiger partial charge in [0.2, 0.25) is 17.7 Å². The van der Waals surface area contributed by atoms with E-state index in [1.54, 1.807) is 45.5 Å². The average molecular weight is 574 g/mol. The number of hydrogen-bond acceptors (Lipinski definition) is 5. The number of carbonyl (C=O) groups excluding carboxylic acids is 3. The zero-order valence-electron chi connectivity index (χ0n) is 23.6. The van der Waals surface area contributed by atoms with Crippen LogP contribution >= 0.6 is 11.8 Å². The van der Waals surface area contributed by atoms with Gasteiger partial charge >= 0.3 is 0 Å². The van der Waals surface area contributed by atoms with Crippen molar-refractivity contribution in [3.05, 3.63) is 97.1 Å². The first-order valence-electron chi connectivity index (χ1n) is 14.3. The number of amides is 3. The average Bonchev–Trinajstić information content (AvgIpc) is 3.64. The van der Waals surface area contributed by atoms with Crippen molar-refractivity contribution >= 4 is 29.5 Å². The number of aliphatic hydroxyl groups is 1. The van der Waals surface area contributed by atoms with Crippen LogP contribution in [-0.4, -0.2) is 79.3 Å². The first kappa shape index (κ1) is 29.1. The minimum atomic E-state index is -0.763. The summed E-state index contributed by atoms with van der Waals surface area (Å²) >= 11 is 1.65. The van der Waals surface area contributed by atoms with Gasteiger partial charge in [0.1, 0.15) is 6.04 Å². The second kappa shape index (κ2) is 12.2. The van der Waals surface area contributed by atoms with Gasteiger partial charge in [0.05, 0.1) is 29.2 Å². The highest BCUT2D eigenvalue weighted by atomic mass is 32.2. The summed E-state index contributed by atoms with van der Waals surface area (Å²) in [6.07, 6.45) is 4.87. The monoisotopic (exact) mass is 573 g/mol. The van der Waals surface area contributed by atoms with Gasteiger partial charge in [-0.25, -0.2) is 0 Å². The van der Waals surface area contributed by atoms with E-state index < -0.39 is 28.7 Å². The molecule has 41 heavy (non-hydrogen) atoms. The van der Waals surface area contributed by atoms with E-state index in [9.17, 15) is 19.5 Å². The maximum Gasteiger partial charge on any atom is 0.247 e. The minimum absolute atomic E-state index is 0.0385. The summed E-state index contributed by atoms with van der Waals surface area (Å²) in [7, 11) is 0. The lowest BCUT2D eigenvalue weighted by Crippen LogP contribution is -2.56. The zero-order chi connectivity index (χ0) is 29.1. The maximum absolute atomic E-state index is 14.5. The Morgan fingerprint density at radius 1 is 1.00 bits per heavy atom. The molecule has 3 aliphatic rings. The molecule has 2 unspecified atom stereocenters. The van der Waals surface area contributed by atoms with Crippen molar-refractivity contribution in [1.82, 2.24) is 14.7 Å². The molecular weight excluding hydrogens is 534 g/mol. The number of likely N-dealkylation sites (tertiary alicyclic amines) is 1. The number of fused-ring (bicyclic) bond motifs is 1. The van der Waals surface area contributed by atoms with E-state index in [0.29, 0.717) is 32.6 Å². The van der Waals surface area contributed by atoms with Gasteiger partial charge in [-0.1, -0.05) is 72.8 Å². The van der Waals surface area contributed by atoms with E-state index >= 15 is 0 Å². The normalized spacial score (nSPS) is 26.9. The Hall–Kier alpha value is -3.36.